The number of rotatable bonds is 9. The molecule has 0 radical (unpaired) electrons. The molecule has 9 rings (SSSR count). The maximum atomic E-state index is 15.0. The SMILES string of the molecule is O=P(c1ccccc1)(c1ccccc1)c1ccc(-c2cccc(-c3nc(-c4ccc(-c5ccccc5)cc4)nc(-c4ccc(-c5ccccc5)cc4)n3)c2)cc1. The second kappa shape index (κ2) is 15.4. The number of nitrogens with zero attached hydrogens (tertiary/aromatic N) is 3. The van der Waals surface area contributed by atoms with Crippen molar-refractivity contribution in [2.24, 2.45) is 0 Å². The Bertz CT molecular complexity index is 2630. The van der Waals surface area contributed by atoms with Crippen molar-refractivity contribution in [2.75, 3.05) is 0 Å². The fourth-order valence-electron chi connectivity index (χ4n) is 7.07. The van der Waals surface area contributed by atoms with Gasteiger partial charge in [-0.1, -0.05) is 212 Å². The number of hydrogen-bond acceptors (Lipinski definition) is 4. The van der Waals surface area contributed by atoms with E-state index in [1.54, 1.807) is 0 Å². The smallest absolute Gasteiger partial charge is 0.171 e. The van der Waals surface area contributed by atoms with E-state index in [0.717, 1.165) is 66.0 Å². The molecule has 0 bridgehead atoms. The van der Waals surface area contributed by atoms with Gasteiger partial charge in [-0.05, 0) is 39.4 Å². The molecule has 5 heteroatoms. The summed E-state index contributed by atoms with van der Waals surface area (Å²) >= 11 is 0. The zero-order chi connectivity index (χ0) is 37.7. The highest BCUT2D eigenvalue weighted by molar-refractivity contribution is 7.85. The van der Waals surface area contributed by atoms with Gasteiger partial charge in [0, 0.05) is 32.6 Å². The van der Waals surface area contributed by atoms with Crippen molar-refractivity contribution in [3.8, 4) is 67.5 Å². The van der Waals surface area contributed by atoms with Crippen molar-refractivity contribution >= 4 is 23.1 Å². The summed E-state index contributed by atoms with van der Waals surface area (Å²) in [5, 5.41) is 2.41. The normalized spacial score (nSPS) is 11.3. The zero-order valence-electron chi connectivity index (χ0n) is 30.5. The lowest BCUT2D eigenvalue weighted by molar-refractivity contribution is 0.592. The summed E-state index contributed by atoms with van der Waals surface area (Å²) in [6, 6.07) is 73.3. The Morgan fingerprint density at radius 3 is 0.982 bits per heavy atom. The van der Waals surface area contributed by atoms with Crippen LogP contribution in [0.1, 0.15) is 0 Å². The Labute approximate surface area is 327 Å². The minimum atomic E-state index is -3.08. The molecule has 56 heavy (non-hydrogen) atoms. The van der Waals surface area contributed by atoms with E-state index in [1.807, 2.05) is 121 Å². The Hall–Kier alpha value is -7.00. The molecule has 0 unspecified atom stereocenters. The van der Waals surface area contributed by atoms with E-state index in [4.69, 9.17) is 15.0 Å². The van der Waals surface area contributed by atoms with Crippen molar-refractivity contribution in [3.05, 3.63) is 218 Å². The zero-order valence-corrected chi connectivity index (χ0v) is 31.4. The van der Waals surface area contributed by atoms with Crippen molar-refractivity contribution in [2.45, 2.75) is 0 Å². The largest absolute Gasteiger partial charge is 0.309 e. The van der Waals surface area contributed by atoms with Crippen molar-refractivity contribution in [3.63, 3.8) is 0 Å². The summed E-state index contributed by atoms with van der Waals surface area (Å²) in [7, 11) is -3.08. The van der Waals surface area contributed by atoms with Gasteiger partial charge in [-0.25, -0.2) is 15.0 Å². The van der Waals surface area contributed by atoms with E-state index in [1.165, 1.54) is 0 Å². The first-order valence-electron chi connectivity index (χ1n) is 18.6. The lowest BCUT2D eigenvalue weighted by atomic mass is 10.0. The highest BCUT2D eigenvalue weighted by Crippen LogP contribution is 2.42. The van der Waals surface area contributed by atoms with Crippen LogP contribution in [0, 0.1) is 0 Å². The van der Waals surface area contributed by atoms with Gasteiger partial charge in [0.2, 0.25) is 0 Å². The van der Waals surface area contributed by atoms with Crippen LogP contribution in [-0.2, 0) is 4.57 Å². The quantitative estimate of drug-likeness (QED) is 0.138. The summed E-state index contributed by atoms with van der Waals surface area (Å²) in [5.41, 5.74) is 9.26. The van der Waals surface area contributed by atoms with Crippen LogP contribution >= 0.6 is 7.14 Å². The van der Waals surface area contributed by atoms with Crippen LogP contribution in [0.2, 0.25) is 0 Å². The molecule has 0 fully saturated rings. The molecule has 0 aliphatic heterocycles. The van der Waals surface area contributed by atoms with Gasteiger partial charge in [0.05, 0.1) is 0 Å². The average molecular weight is 738 g/mol. The molecule has 0 aliphatic carbocycles. The monoisotopic (exact) mass is 737 g/mol. The molecular formula is C51H36N3OP. The van der Waals surface area contributed by atoms with Gasteiger partial charge in [-0.3, -0.25) is 0 Å². The van der Waals surface area contributed by atoms with E-state index >= 15 is 0 Å². The maximum Gasteiger partial charge on any atom is 0.171 e. The molecule has 0 spiro atoms. The van der Waals surface area contributed by atoms with E-state index in [9.17, 15) is 4.57 Å². The summed E-state index contributed by atoms with van der Waals surface area (Å²) in [6.45, 7) is 0. The highest BCUT2D eigenvalue weighted by atomic mass is 31.2. The molecule has 0 saturated heterocycles. The third-order valence-corrected chi connectivity index (χ3v) is 13.1. The van der Waals surface area contributed by atoms with Gasteiger partial charge in [0.25, 0.3) is 0 Å². The molecule has 0 atom stereocenters. The fraction of sp³-hybridized carbons (Fsp3) is 0. The van der Waals surface area contributed by atoms with Gasteiger partial charge < -0.3 is 4.57 Å². The molecule has 0 saturated carbocycles. The predicted molar refractivity (Wildman–Crippen MR) is 232 cm³/mol. The first-order valence-corrected chi connectivity index (χ1v) is 20.3. The first kappa shape index (κ1) is 34.7. The molecule has 0 aliphatic rings. The molecule has 4 nitrogen and oxygen atoms in total. The standard InChI is InChI=1S/C51H36N3OP/c55-56(46-20-9-3-10-21-46,47-22-11-4-12-23-47)48-34-32-41(33-35-48)44-18-13-19-45(36-44)51-53-49(42-28-24-39(25-29-42)37-14-5-1-6-15-37)52-50(54-51)43-30-26-40(27-31-43)38-16-7-2-8-17-38/h1-36H. The van der Waals surface area contributed by atoms with Crippen LogP contribution in [0.25, 0.3) is 67.5 Å². The van der Waals surface area contributed by atoms with Crippen molar-refractivity contribution in [1.82, 2.24) is 15.0 Å². The Morgan fingerprint density at radius 1 is 0.250 bits per heavy atom. The Balaban J connectivity index is 1.09. The first-order chi connectivity index (χ1) is 27.6. The molecule has 1 aromatic heterocycles. The van der Waals surface area contributed by atoms with E-state index in [0.29, 0.717) is 17.5 Å². The molecule has 266 valence electrons. The Morgan fingerprint density at radius 2 is 0.536 bits per heavy atom. The summed E-state index contributed by atoms with van der Waals surface area (Å²) < 4.78 is 15.0. The maximum absolute atomic E-state index is 15.0. The molecular weight excluding hydrogens is 702 g/mol. The molecule has 9 aromatic rings. The number of hydrogen-bond donors (Lipinski definition) is 0. The van der Waals surface area contributed by atoms with Crippen LogP contribution in [0.4, 0.5) is 0 Å². The van der Waals surface area contributed by atoms with Gasteiger partial charge >= 0.3 is 0 Å². The fourth-order valence-corrected chi connectivity index (χ4v) is 9.72. The molecule has 8 aromatic carbocycles. The second-order valence-corrected chi connectivity index (χ2v) is 16.4. The van der Waals surface area contributed by atoms with Crippen LogP contribution < -0.4 is 15.9 Å². The third-order valence-electron chi connectivity index (χ3n) is 10.1. The summed E-state index contributed by atoms with van der Waals surface area (Å²) in [6.07, 6.45) is 0. The van der Waals surface area contributed by atoms with E-state index in [-0.39, 0.29) is 0 Å². The predicted octanol–water partition coefficient (Wildman–Crippen LogP) is 11.5. The van der Waals surface area contributed by atoms with Crippen LogP contribution in [0.3, 0.4) is 0 Å². The lowest BCUT2D eigenvalue weighted by Gasteiger charge is -2.20. The van der Waals surface area contributed by atoms with Gasteiger partial charge in [0.1, 0.15) is 0 Å². The topological polar surface area (TPSA) is 55.7 Å². The van der Waals surface area contributed by atoms with Gasteiger partial charge in [0.15, 0.2) is 24.6 Å². The summed E-state index contributed by atoms with van der Waals surface area (Å²) in [5.74, 6) is 1.79. The van der Waals surface area contributed by atoms with Crippen LogP contribution in [0.5, 0.6) is 0 Å². The average Bonchev–Trinajstić information content (AvgIpc) is 3.30. The van der Waals surface area contributed by atoms with Gasteiger partial charge in [-0.15, -0.1) is 0 Å². The highest BCUT2D eigenvalue weighted by Gasteiger charge is 2.29. The van der Waals surface area contributed by atoms with Gasteiger partial charge in [-0.2, -0.15) is 0 Å². The van der Waals surface area contributed by atoms with E-state index in [2.05, 4.69) is 97.1 Å². The van der Waals surface area contributed by atoms with E-state index < -0.39 is 7.14 Å². The minimum Gasteiger partial charge on any atom is -0.309 e. The van der Waals surface area contributed by atoms with Crippen LogP contribution in [0.15, 0.2) is 218 Å². The summed E-state index contributed by atoms with van der Waals surface area (Å²) in [4.78, 5) is 15.1. The second-order valence-electron chi connectivity index (χ2n) is 13.6. The number of benzene rings is 8. The minimum absolute atomic E-state index is 0.584. The van der Waals surface area contributed by atoms with Crippen LogP contribution in [-0.4, -0.2) is 15.0 Å². The van der Waals surface area contributed by atoms with Crippen molar-refractivity contribution in [1.29, 1.82) is 0 Å². The lowest BCUT2D eigenvalue weighted by Crippen LogP contribution is -2.24. The molecule has 0 amide bonds. The third kappa shape index (κ3) is 7.02. The number of aromatic nitrogens is 3. The Kier molecular flexibility index (Phi) is 9.55. The molecule has 0 N–H and O–H groups in total. The molecule has 1 heterocycles. The van der Waals surface area contributed by atoms with Crippen molar-refractivity contribution < 1.29 is 4.57 Å².